The predicted molar refractivity (Wildman–Crippen MR) is 105 cm³/mol. The second kappa shape index (κ2) is 10.6. The molecule has 0 saturated carbocycles. The molecule has 1 aromatic carbocycles. The fraction of sp³-hybridized carbons (Fsp3) is 0.421. The Kier molecular flexibility index (Phi) is 8.12. The standard InChI is InChI=1S/C19H27N3O2S/c1-4-20-19(22-13-16-9-11-25-14-16)21-10-5-6-15-7-8-17(23-2)18(12-15)24-3/h7-9,11-12,14H,4-6,10,13H2,1-3H3,(H2,20,21,22). The molecule has 25 heavy (non-hydrogen) atoms. The third-order valence-electron chi connectivity index (χ3n) is 3.73. The Hall–Kier alpha value is -2.21. The summed E-state index contributed by atoms with van der Waals surface area (Å²) in [5.74, 6) is 2.40. The van der Waals surface area contributed by atoms with Gasteiger partial charge in [-0.1, -0.05) is 6.07 Å². The van der Waals surface area contributed by atoms with Crippen LogP contribution < -0.4 is 20.1 Å². The topological polar surface area (TPSA) is 54.9 Å². The number of thiophene rings is 1. The number of hydrogen-bond acceptors (Lipinski definition) is 4. The number of nitrogens with zero attached hydrogens (tertiary/aromatic N) is 1. The molecule has 0 unspecified atom stereocenters. The van der Waals surface area contributed by atoms with Crippen LogP contribution >= 0.6 is 11.3 Å². The molecule has 0 amide bonds. The molecule has 6 heteroatoms. The zero-order chi connectivity index (χ0) is 17.9. The van der Waals surface area contributed by atoms with Crippen LogP contribution in [0.25, 0.3) is 0 Å². The Bertz CT molecular complexity index is 657. The van der Waals surface area contributed by atoms with Crippen molar-refractivity contribution >= 4 is 17.3 Å². The van der Waals surface area contributed by atoms with Gasteiger partial charge >= 0.3 is 0 Å². The molecule has 2 N–H and O–H groups in total. The van der Waals surface area contributed by atoms with E-state index >= 15 is 0 Å². The molecular formula is C19H27N3O2S. The van der Waals surface area contributed by atoms with Gasteiger partial charge in [0.25, 0.3) is 0 Å². The first-order valence-corrected chi connectivity index (χ1v) is 9.45. The first-order valence-electron chi connectivity index (χ1n) is 8.51. The SMILES string of the molecule is CCNC(=NCc1ccsc1)NCCCc1ccc(OC)c(OC)c1. The summed E-state index contributed by atoms with van der Waals surface area (Å²) in [7, 11) is 3.31. The molecule has 0 spiro atoms. The molecule has 0 saturated heterocycles. The minimum atomic E-state index is 0.703. The molecule has 0 atom stereocenters. The number of guanidine groups is 1. The van der Waals surface area contributed by atoms with Crippen LogP contribution in [-0.4, -0.2) is 33.3 Å². The average Bonchev–Trinajstić information content (AvgIpc) is 3.16. The summed E-state index contributed by atoms with van der Waals surface area (Å²) < 4.78 is 10.6. The summed E-state index contributed by atoms with van der Waals surface area (Å²) in [4.78, 5) is 4.62. The summed E-state index contributed by atoms with van der Waals surface area (Å²) in [6, 6.07) is 8.18. The highest BCUT2D eigenvalue weighted by atomic mass is 32.1. The van der Waals surface area contributed by atoms with E-state index in [2.05, 4.69) is 45.4 Å². The Morgan fingerprint density at radius 2 is 1.92 bits per heavy atom. The van der Waals surface area contributed by atoms with Crippen LogP contribution in [-0.2, 0) is 13.0 Å². The van der Waals surface area contributed by atoms with Crippen LogP contribution in [0.1, 0.15) is 24.5 Å². The number of rotatable bonds is 9. The van der Waals surface area contributed by atoms with E-state index in [1.807, 2.05) is 12.1 Å². The van der Waals surface area contributed by atoms with Gasteiger partial charge in [-0.05, 0) is 59.9 Å². The van der Waals surface area contributed by atoms with Crippen molar-refractivity contribution in [2.45, 2.75) is 26.3 Å². The smallest absolute Gasteiger partial charge is 0.191 e. The lowest BCUT2D eigenvalue weighted by molar-refractivity contribution is 0.354. The van der Waals surface area contributed by atoms with Gasteiger partial charge in [0.05, 0.1) is 20.8 Å². The number of hydrogen-bond donors (Lipinski definition) is 2. The van der Waals surface area contributed by atoms with Gasteiger partial charge in [0.15, 0.2) is 17.5 Å². The van der Waals surface area contributed by atoms with Crippen LogP contribution in [0.2, 0.25) is 0 Å². The van der Waals surface area contributed by atoms with Gasteiger partial charge in [-0.25, -0.2) is 4.99 Å². The molecule has 0 radical (unpaired) electrons. The largest absolute Gasteiger partial charge is 0.493 e. The number of methoxy groups -OCH3 is 2. The van der Waals surface area contributed by atoms with Crippen molar-refractivity contribution in [3.05, 3.63) is 46.2 Å². The zero-order valence-corrected chi connectivity index (χ0v) is 16.0. The first kappa shape index (κ1) is 19.1. The zero-order valence-electron chi connectivity index (χ0n) is 15.2. The predicted octanol–water partition coefficient (Wildman–Crippen LogP) is 3.45. The van der Waals surface area contributed by atoms with Crippen molar-refractivity contribution in [1.82, 2.24) is 10.6 Å². The van der Waals surface area contributed by atoms with Crippen LogP contribution in [0.4, 0.5) is 0 Å². The molecule has 2 aromatic rings. The third-order valence-corrected chi connectivity index (χ3v) is 4.46. The molecule has 0 aliphatic heterocycles. The highest BCUT2D eigenvalue weighted by Gasteiger charge is 2.04. The van der Waals surface area contributed by atoms with E-state index in [4.69, 9.17) is 9.47 Å². The van der Waals surface area contributed by atoms with Crippen LogP contribution in [0, 0.1) is 0 Å². The van der Waals surface area contributed by atoms with Gasteiger partial charge < -0.3 is 20.1 Å². The van der Waals surface area contributed by atoms with E-state index in [1.54, 1.807) is 25.6 Å². The molecule has 0 aliphatic rings. The van der Waals surface area contributed by atoms with Crippen molar-refractivity contribution in [3.8, 4) is 11.5 Å². The average molecular weight is 362 g/mol. The quantitative estimate of drug-likeness (QED) is 0.408. The van der Waals surface area contributed by atoms with Crippen molar-refractivity contribution in [3.63, 3.8) is 0 Å². The third kappa shape index (κ3) is 6.31. The van der Waals surface area contributed by atoms with Crippen molar-refractivity contribution in [2.75, 3.05) is 27.3 Å². The van der Waals surface area contributed by atoms with Crippen molar-refractivity contribution in [1.29, 1.82) is 0 Å². The molecule has 1 heterocycles. The van der Waals surface area contributed by atoms with E-state index < -0.39 is 0 Å². The summed E-state index contributed by atoms with van der Waals surface area (Å²) >= 11 is 1.70. The van der Waals surface area contributed by atoms with Gasteiger partial charge in [-0.2, -0.15) is 11.3 Å². The van der Waals surface area contributed by atoms with E-state index in [1.165, 1.54) is 11.1 Å². The maximum absolute atomic E-state index is 5.35. The normalized spacial score (nSPS) is 11.2. The van der Waals surface area contributed by atoms with E-state index in [0.717, 1.165) is 43.4 Å². The molecule has 5 nitrogen and oxygen atoms in total. The Labute approximate surface area is 154 Å². The fourth-order valence-electron chi connectivity index (χ4n) is 2.43. The lowest BCUT2D eigenvalue weighted by Gasteiger charge is -2.12. The Balaban J connectivity index is 1.80. The molecule has 0 aliphatic carbocycles. The lowest BCUT2D eigenvalue weighted by atomic mass is 10.1. The number of aliphatic imine (C=N–C) groups is 1. The van der Waals surface area contributed by atoms with Gasteiger partial charge in [0, 0.05) is 13.1 Å². The Morgan fingerprint density at radius 3 is 2.60 bits per heavy atom. The molecule has 2 rings (SSSR count). The summed E-state index contributed by atoms with van der Waals surface area (Å²) in [6.45, 7) is 4.49. The fourth-order valence-corrected chi connectivity index (χ4v) is 3.09. The minimum Gasteiger partial charge on any atom is -0.493 e. The van der Waals surface area contributed by atoms with Crippen LogP contribution in [0.3, 0.4) is 0 Å². The van der Waals surface area contributed by atoms with Gasteiger partial charge in [-0.3, -0.25) is 0 Å². The lowest BCUT2D eigenvalue weighted by Crippen LogP contribution is -2.37. The van der Waals surface area contributed by atoms with E-state index in [9.17, 15) is 0 Å². The second-order valence-corrected chi connectivity index (χ2v) is 6.33. The van der Waals surface area contributed by atoms with Crippen molar-refractivity contribution < 1.29 is 9.47 Å². The maximum Gasteiger partial charge on any atom is 0.191 e. The van der Waals surface area contributed by atoms with Crippen LogP contribution in [0.15, 0.2) is 40.0 Å². The van der Waals surface area contributed by atoms with Gasteiger partial charge in [-0.15, -0.1) is 0 Å². The van der Waals surface area contributed by atoms with Gasteiger partial charge in [0.1, 0.15) is 0 Å². The Morgan fingerprint density at radius 1 is 1.08 bits per heavy atom. The number of nitrogens with one attached hydrogen (secondary N) is 2. The van der Waals surface area contributed by atoms with E-state index in [0.29, 0.717) is 6.54 Å². The summed E-state index contributed by atoms with van der Waals surface area (Å²) in [6.07, 6.45) is 1.98. The number of ether oxygens (including phenoxy) is 2. The monoisotopic (exact) mass is 361 g/mol. The highest BCUT2D eigenvalue weighted by Crippen LogP contribution is 2.27. The van der Waals surface area contributed by atoms with Gasteiger partial charge in [0.2, 0.25) is 0 Å². The molecule has 0 bridgehead atoms. The maximum atomic E-state index is 5.35. The van der Waals surface area contributed by atoms with E-state index in [-0.39, 0.29) is 0 Å². The summed E-state index contributed by atoms with van der Waals surface area (Å²) in [5.41, 5.74) is 2.48. The molecule has 0 fully saturated rings. The molecular weight excluding hydrogens is 334 g/mol. The second-order valence-electron chi connectivity index (χ2n) is 5.55. The van der Waals surface area contributed by atoms with Crippen molar-refractivity contribution in [2.24, 2.45) is 4.99 Å². The number of aryl methyl sites for hydroxylation is 1. The highest BCUT2D eigenvalue weighted by molar-refractivity contribution is 7.07. The molecule has 1 aromatic heterocycles. The number of benzene rings is 1. The minimum absolute atomic E-state index is 0.703. The first-order chi connectivity index (χ1) is 12.3. The summed E-state index contributed by atoms with van der Waals surface area (Å²) in [5, 5.41) is 10.9. The van der Waals surface area contributed by atoms with Crippen LogP contribution in [0.5, 0.6) is 11.5 Å². The molecule has 136 valence electrons.